The topological polar surface area (TPSA) is 58.2 Å². The normalized spacial score (nSPS) is 11.5. The molecule has 2 rings (SSSR count). The summed E-state index contributed by atoms with van der Waals surface area (Å²) in [6.45, 7) is 3.74. The lowest BCUT2D eigenvalue weighted by Gasteiger charge is -2.05. The fraction of sp³-hybridized carbons (Fsp3) is 0.286. The molecule has 0 spiro atoms. The van der Waals surface area contributed by atoms with E-state index in [-0.39, 0.29) is 4.21 Å². The first-order valence-corrected chi connectivity index (χ1v) is 8.89. The van der Waals surface area contributed by atoms with Crippen molar-refractivity contribution in [3.8, 4) is 0 Å². The third-order valence-electron chi connectivity index (χ3n) is 2.80. The van der Waals surface area contributed by atoms with Crippen molar-refractivity contribution < 1.29 is 12.8 Å². The molecule has 1 aromatic heterocycles. The van der Waals surface area contributed by atoms with E-state index in [9.17, 15) is 12.8 Å². The first-order valence-electron chi connectivity index (χ1n) is 6.59. The highest BCUT2D eigenvalue weighted by atomic mass is 32.2. The van der Waals surface area contributed by atoms with Gasteiger partial charge in [-0.1, -0.05) is 6.92 Å². The van der Waals surface area contributed by atoms with Crippen molar-refractivity contribution in [3.63, 3.8) is 0 Å². The quantitative estimate of drug-likeness (QED) is 0.769. The lowest BCUT2D eigenvalue weighted by Crippen LogP contribution is -2.15. The van der Waals surface area contributed by atoms with Gasteiger partial charge in [-0.3, -0.25) is 4.72 Å². The molecule has 0 radical (unpaired) electrons. The maximum atomic E-state index is 12.8. The number of likely N-dealkylation sites (N-methyl/N-ethyl adjacent to an activating group) is 1. The van der Waals surface area contributed by atoms with Gasteiger partial charge in [-0.15, -0.1) is 11.3 Å². The number of benzene rings is 1. The van der Waals surface area contributed by atoms with Crippen molar-refractivity contribution in [2.24, 2.45) is 0 Å². The maximum Gasteiger partial charge on any atom is 0.271 e. The number of halogens is 1. The summed E-state index contributed by atoms with van der Waals surface area (Å²) in [5.74, 6) is -0.403. The van der Waals surface area contributed by atoms with Crippen molar-refractivity contribution in [2.75, 3.05) is 17.8 Å². The van der Waals surface area contributed by atoms with E-state index in [4.69, 9.17) is 0 Å². The van der Waals surface area contributed by atoms with Gasteiger partial charge < -0.3 is 5.32 Å². The van der Waals surface area contributed by atoms with E-state index in [0.29, 0.717) is 5.69 Å². The van der Waals surface area contributed by atoms with Crippen LogP contribution in [0.5, 0.6) is 0 Å². The summed E-state index contributed by atoms with van der Waals surface area (Å²) < 4.78 is 40.0. The summed E-state index contributed by atoms with van der Waals surface area (Å²) in [5, 5.41) is 3.20. The smallest absolute Gasteiger partial charge is 0.271 e. The molecule has 0 bridgehead atoms. The highest BCUT2D eigenvalue weighted by Crippen LogP contribution is 2.24. The van der Waals surface area contributed by atoms with E-state index in [1.165, 1.54) is 35.6 Å². The molecule has 0 aliphatic heterocycles. The lowest BCUT2D eigenvalue weighted by molar-refractivity contribution is 0.603. The Hall–Kier alpha value is -1.44. The Bertz CT molecular complexity index is 681. The fourth-order valence-electron chi connectivity index (χ4n) is 1.75. The average molecular weight is 328 g/mol. The first kappa shape index (κ1) is 15.9. The molecule has 0 saturated carbocycles. The summed E-state index contributed by atoms with van der Waals surface area (Å²) in [7, 11) is -3.61. The van der Waals surface area contributed by atoms with Crippen LogP contribution in [0.15, 0.2) is 40.6 Å². The summed E-state index contributed by atoms with van der Waals surface area (Å²) in [5.41, 5.74) is 0.346. The van der Waals surface area contributed by atoms with Gasteiger partial charge in [0.2, 0.25) is 0 Å². The van der Waals surface area contributed by atoms with Gasteiger partial charge in [0.1, 0.15) is 10.0 Å². The van der Waals surface area contributed by atoms with Crippen molar-refractivity contribution >= 4 is 27.0 Å². The third-order valence-corrected chi connectivity index (χ3v) is 5.81. The van der Waals surface area contributed by atoms with Gasteiger partial charge in [0, 0.05) is 10.6 Å². The second-order valence-corrected chi connectivity index (χ2v) is 7.51. The molecule has 4 nitrogen and oxygen atoms in total. The lowest BCUT2D eigenvalue weighted by atomic mass is 10.3. The highest BCUT2D eigenvalue weighted by Gasteiger charge is 2.16. The molecule has 0 atom stereocenters. The molecule has 0 unspecified atom stereocenters. The van der Waals surface area contributed by atoms with Crippen LogP contribution in [0.4, 0.5) is 10.1 Å². The fourth-order valence-corrected chi connectivity index (χ4v) is 4.16. The molecule has 7 heteroatoms. The molecule has 0 amide bonds. The van der Waals surface area contributed by atoms with Crippen molar-refractivity contribution in [1.82, 2.24) is 5.32 Å². The molecule has 0 aliphatic rings. The number of anilines is 1. The second kappa shape index (κ2) is 7.02. The summed E-state index contributed by atoms with van der Waals surface area (Å²) in [6, 6.07) is 8.64. The Balaban J connectivity index is 2.07. The Labute approximate surface area is 128 Å². The average Bonchev–Trinajstić information content (AvgIpc) is 2.91. The van der Waals surface area contributed by atoms with Gasteiger partial charge in [0.05, 0.1) is 0 Å². The van der Waals surface area contributed by atoms with Crippen LogP contribution in [0.25, 0.3) is 0 Å². The zero-order chi connectivity index (χ0) is 15.3. The molecule has 1 heterocycles. The van der Waals surface area contributed by atoms with Crippen LogP contribution in [0.2, 0.25) is 0 Å². The minimum absolute atomic E-state index is 0.262. The predicted octanol–water partition coefficient (Wildman–Crippen LogP) is 2.84. The van der Waals surface area contributed by atoms with Crippen molar-refractivity contribution in [1.29, 1.82) is 0 Å². The molecule has 21 heavy (non-hydrogen) atoms. The van der Waals surface area contributed by atoms with Crippen LogP contribution < -0.4 is 10.0 Å². The van der Waals surface area contributed by atoms with E-state index in [1.54, 1.807) is 6.07 Å². The first-order chi connectivity index (χ1) is 10.0. The van der Waals surface area contributed by atoms with E-state index >= 15 is 0 Å². The number of hydrogen-bond donors (Lipinski definition) is 2. The van der Waals surface area contributed by atoms with Gasteiger partial charge in [-0.2, -0.15) is 0 Å². The number of rotatable bonds is 7. The van der Waals surface area contributed by atoms with Crippen LogP contribution >= 0.6 is 11.3 Å². The zero-order valence-electron chi connectivity index (χ0n) is 11.6. The summed E-state index contributed by atoms with van der Waals surface area (Å²) in [4.78, 5) is 1.01. The molecular formula is C14H17FN2O2S2. The van der Waals surface area contributed by atoms with E-state index < -0.39 is 15.8 Å². The Morgan fingerprint density at radius 1 is 1.14 bits per heavy atom. The zero-order valence-corrected chi connectivity index (χ0v) is 13.2. The van der Waals surface area contributed by atoms with Gasteiger partial charge in [-0.05, 0) is 55.9 Å². The minimum atomic E-state index is -3.61. The molecule has 0 fully saturated rings. The molecule has 114 valence electrons. The standard InChI is InChI=1S/C14H17FN2O2S2/c1-2-16-10-9-13-7-8-14(20-13)21(18,19)17-12-5-3-11(15)4-6-12/h3-8,16-17H,2,9-10H2,1H3. The van der Waals surface area contributed by atoms with Crippen molar-refractivity contribution in [2.45, 2.75) is 17.6 Å². The molecule has 0 aliphatic carbocycles. The Morgan fingerprint density at radius 2 is 1.86 bits per heavy atom. The minimum Gasteiger partial charge on any atom is -0.317 e. The van der Waals surface area contributed by atoms with Gasteiger partial charge in [-0.25, -0.2) is 12.8 Å². The van der Waals surface area contributed by atoms with Gasteiger partial charge >= 0.3 is 0 Å². The third kappa shape index (κ3) is 4.52. The van der Waals surface area contributed by atoms with Crippen LogP contribution in [0.3, 0.4) is 0 Å². The maximum absolute atomic E-state index is 12.8. The molecule has 2 aromatic rings. The van der Waals surface area contributed by atoms with Crippen LogP contribution in [-0.2, 0) is 16.4 Å². The monoisotopic (exact) mass is 328 g/mol. The Kier molecular flexibility index (Phi) is 5.33. The van der Waals surface area contributed by atoms with Crippen LogP contribution in [0.1, 0.15) is 11.8 Å². The van der Waals surface area contributed by atoms with Crippen LogP contribution in [-0.4, -0.2) is 21.5 Å². The van der Waals surface area contributed by atoms with E-state index in [2.05, 4.69) is 10.0 Å². The summed E-state index contributed by atoms with van der Waals surface area (Å²) in [6.07, 6.45) is 0.796. The molecule has 0 saturated heterocycles. The molecule has 1 aromatic carbocycles. The second-order valence-electron chi connectivity index (χ2n) is 4.44. The van der Waals surface area contributed by atoms with Crippen molar-refractivity contribution in [3.05, 3.63) is 47.1 Å². The Morgan fingerprint density at radius 3 is 2.52 bits per heavy atom. The van der Waals surface area contributed by atoms with E-state index in [1.807, 2.05) is 13.0 Å². The van der Waals surface area contributed by atoms with Crippen LogP contribution in [0, 0.1) is 5.82 Å². The molecule has 2 N–H and O–H groups in total. The highest BCUT2D eigenvalue weighted by molar-refractivity contribution is 7.94. The number of sulfonamides is 1. The predicted molar refractivity (Wildman–Crippen MR) is 83.8 cm³/mol. The number of nitrogens with one attached hydrogen (secondary N) is 2. The largest absolute Gasteiger partial charge is 0.317 e. The van der Waals surface area contributed by atoms with Gasteiger partial charge in [0.15, 0.2) is 0 Å². The van der Waals surface area contributed by atoms with Gasteiger partial charge in [0.25, 0.3) is 10.0 Å². The van der Waals surface area contributed by atoms with E-state index in [0.717, 1.165) is 24.4 Å². The number of hydrogen-bond acceptors (Lipinski definition) is 4. The summed E-state index contributed by atoms with van der Waals surface area (Å²) >= 11 is 1.25. The number of thiophene rings is 1. The SMILES string of the molecule is CCNCCc1ccc(S(=O)(=O)Nc2ccc(F)cc2)s1. The molecular weight excluding hydrogens is 311 g/mol.